The number of allylic oxidation sites excluding steroid dienone is 2. The average molecular weight is 591 g/mol. The Bertz CT molecular complexity index is 1080. The van der Waals surface area contributed by atoms with Crippen LogP contribution in [0.2, 0.25) is 0 Å². The number of carbonyl (C=O) groups is 3. The number of carbonyl (C=O) groups excluding carboxylic acids is 3. The van der Waals surface area contributed by atoms with Gasteiger partial charge < -0.3 is 39.4 Å². The van der Waals surface area contributed by atoms with E-state index in [0.717, 1.165) is 12.0 Å². The highest BCUT2D eigenvalue weighted by Gasteiger charge is 2.58. The molecule has 1 spiro atoms. The highest BCUT2D eigenvalue weighted by atomic mass is 16.6. The average Bonchev–Trinajstić information content (AvgIpc) is 3.67. The van der Waals surface area contributed by atoms with E-state index in [4.69, 9.17) is 18.9 Å². The molecule has 42 heavy (non-hydrogen) atoms. The van der Waals surface area contributed by atoms with Crippen molar-refractivity contribution in [3.63, 3.8) is 0 Å². The smallest absolute Gasteiger partial charge is 0.303 e. The molecule has 4 aliphatic heterocycles. The van der Waals surface area contributed by atoms with Crippen molar-refractivity contribution in [1.82, 2.24) is 10.2 Å². The fourth-order valence-electron chi connectivity index (χ4n) is 5.87. The second-order valence-corrected chi connectivity index (χ2v) is 12.3. The van der Waals surface area contributed by atoms with Gasteiger partial charge in [0.2, 0.25) is 11.8 Å². The van der Waals surface area contributed by atoms with E-state index in [9.17, 15) is 24.6 Å². The third-order valence-corrected chi connectivity index (χ3v) is 8.54. The first kappa shape index (κ1) is 32.3. The van der Waals surface area contributed by atoms with Crippen molar-refractivity contribution in [2.45, 2.75) is 115 Å². The number of hydrogen-bond acceptors (Lipinski definition) is 9. The number of epoxide rings is 1. The number of aliphatic hydroxyl groups is 2. The molecule has 0 bridgehead atoms. The molecule has 9 atom stereocenters. The normalized spacial score (nSPS) is 36.2. The fourth-order valence-corrected chi connectivity index (χ4v) is 5.87. The van der Waals surface area contributed by atoms with Gasteiger partial charge in [-0.05, 0) is 45.6 Å². The Hall–Kier alpha value is -2.57. The summed E-state index contributed by atoms with van der Waals surface area (Å²) in [6.07, 6.45) is 8.05. The first-order chi connectivity index (χ1) is 19.8. The highest BCUT2D eigenvalue weighted by molar-refractivity contribution is 5.87. The molecule has 0 aromatic rings. The van der Waals surface area contributed by atoms with Crippen molar-refractivity contribution >= 4 is 17.8 Å². The Balaban J connectivity index is 1.25. The van der Waals surface area contributed by atoms with Crippen LogP contribution in [0.4, 0.5) is 0 Å². The molecule has 4 saturated heterocycles. The molecule has 3 N–H and O–H groups in total. The standard InChI is InChI=1S/C31H46N2O9/c1-18(6-9-26-19(2)12-25(21(4)41-26)32-28(36)11-8-20(3)40-22(5)34)7-10-27-30(38)31(17-39-31)14-24(42-27)13-29(37)33-15-23(35)16-33/h6-8,10-11,19-21,23-27,30,35,38H,9,12-17H2,1-5H3,(H,32,36)/b10-7+,11-8-,18-6+/t19-,20?,21?,24+,25?,26?,27?,30?,31?/m0/s1. The maximum Gasteiger partial charge on any atom is 0.303 e. The van der Waals surface area contributed by atoms with Gasteiger partial charge in [0.25, 0.3) is 0 Å². The monoisotopic (exact) mass is 590 g/mol. The minimum Gasteiger partial charge on any atom is -0.459 e. The Labute approximate surface area is 247 Å². The quantitative estimate of drug-likeness (QED) is 0.149. The van der Waals surface area contributed by atoms with E-state index in [2.05, 4.69) is 18.3 Å². The Morgan fingerprint density at radius 2 is 1.86 bits per heavy atom. The summed E-state index contributed by atoms with van der Waals surface area (Å²) in [6.45, 7) is 10.2. The second kappa shape index (κ2) is 13.8. The number of amides is 2. The molecule has 2 amide bonds. The zero-order valence-corrected chi connectivity index (χ0v) is 25.2. The van der Waals surface area contributed by atoms with E-state index < -0.39 is 36.0 Å². The van der Waals surface area contributed by atoms with E-state index in [-0.39, 0.29) is 48.5 Å². The summed E-state index contributed by atoms with van der Waals surface area (Å²) >= 11 is 0. The molecule has 0 aromatic carbocycles. The zero-order chi connectivity index (χ0) is 30.6. The molecule has 7 unspecified atom stereocenters. The minimum atomic E-state index is -0.812. The summed E-state index contributed by atoms with van der Waals surface area (Å²) in [5.74, 6) is -0.494. The van der Waals surface area contributed by atoms with Crippen LogP contribution >= 0.6 is 0 Å². The first-order valence-electron chi connectivity index (χ1n) is 14.9. The van der Waals surface area contributed by atoms with Crippen LogP contribution in [-0.4, -0.2) is 107 Å². The van der Waals surface area contributed by atoms with Crippen LogP contribution in [0.3, 0.4) is 0 Å². The van der Waals surface area contributed by atoms with E-state index in [1.807, 2.05) is 26.0 Å². The maximum absolute atomic E-state index is 12.5. The van der Waals surface area contributed by atoms with E-state index in [1.54, 1.807) is 17.9 Å². The summed E-state index contributed by atoms with van der Waals surface area (Å²) in [6, 6.07) is -0.129. The number of nitrogens with zero attached hydrogens (tertiary/aromatic N) is 1. The van der Waals surface area contributed by atoms with Gasteiger partial charge in [-0.25, -0.2) is 0 Å². The SMILES string of the molecule is CC(=O)OC(C)/C=C\C(=O)NC1C[C@H](C)C(C/C=C(C)/C=C/C2O[C@H](CC(=O)N3CC(O)C3)CC3(CO3)C2O)OC1C. The number of rotatable bonds is 10. The molecule has 4 aliphatic rings. The number of esters is 1. The number of likely N-dealkylation sites (tertiary alicyclic amines) is 1. The van der Waals surface area contributed by atoms with Crippen molar-refractivity contribution in [1.29, 1.82) is 0 Å². The molecule has 4 fully saturated rings. The summed E-state index contributed by atoms with van der Waals surface area (Å²) in [5, 5.41) is 23.4. The van der Waals surface area contributed by atoms with Gasteiger partial charge in [0.1, 0.15) is 23.9 Å². The minimum absolute atomic E-state index is 0.00824. The Morgan fingerprint density at radius 1 is 1.14 bits per heavy atom. The molecule has 4 rings (SSSR count). The lowest BCUT2D eigenvalue weighted by molar-refractivity contribution is -0.157. The molecule has 11 nitrogen and oxygen atoms in total. The molecule has 11 heteroatoms. The van der Waals surface area contributed by atoms with Gasteiger partial charge in [0.05, 0.1) is 43.5 Å². The van der Waals surface area contributed by atoms with Crippen LogP contribution in [-0.2, 0) is 33.3 Å². The van der Waals surface area contributed by atoms with Crippen molar-refractivity contribution in [2.24, 2.45) is 5.92 Å². The van der Waals surface area contributed by atoms with Gasteiger partial charge in [-0.1, -0.05) is 30.7 Å². The number of ether oxygens (including phenoxy) is 4. The van der Waals surface area contributed by atoms with Gasteiger partial charge in [-0.3, -0.25) is 14.4 Å². The lowest BCUT2D eigenvalue weighted by Gasteiger charge is -2.40. The van der Waals surface area contributed by atoms with Crippen molar-refractivity contribution < 1.29 is 43.5 Å². The van der Waals surface area contributed by atoms with Gasteiger partial charge in [0.15, 0.2) is 0 Å². The topological polar surface area (TPSA) is 147 Å². The third-order valence-electron chi connectivity index (χ3n) is 8.54. The summed E-state index contributed by atoms with van der Waals surface area (Å²) in [7, 11) is 0. The predicted molar refractivity (Wildman–Crippen MR) is 153 cm³/mol. The first-order valence-corrected chi connectivity index (χ1v) is 14.9. The largest absolute Gasteiger partial charge is 0.459 e. The summed E-state index contributed by atoms with van der Waals surface area (Å²) < 4.78 is 23.0. The van der Waals surface area contributed by atoms with Gasteiger partial charge in [0, 0.05) is 32.5 Å². The molecule has 4 heterocycles. The molecule has 0 aliphatic carbocycles. The predicted octanol–water partition coefficient (Wildman–Crippen LogP) is 1.57. The lowest BCUT2D eigenvalue weighted by atomic mass is 9.87. The fraction of sp³-hybridized carbons (Fsp3) is 0.710. The molecular formula is C31H46N2O9. The third kappa shape index (κ3) is 8.50. The molecule has 0 saturated carbocycles. The second-order valence-electron chi connectivity index (χ2n) is 12.3. The van der Waals surface area contributed by atoms with Crippen LogP contribution in [0.25, 0.3) is 0 Å². The van der Waals surface area contributed by atoms with Gasteiger partial charge in [-0.15, -0.1) is 0 Å². The molecule has 0 aromatic heterocycles. The Kier molecular flexibility index (Phi) is 10.6. The maximum atomic E-state index is 12.5. The van der Waals surface area contributed by atoms with Crippen LogP contribution in [0.15, 0.2) is 36.0 Å². The van der Waals surface area contributed by atoms with Crippen LogP contribution in [0.5, 0.6) is 0 Å². The summed E-state index contributed by atoms with van der Waals surface area (Å²) in [5.41, 5.74) is 0.337. The van der Waals surface area contributed by atoms with E-state index in [0.29, 0.717) is 32.5 Å². The van der Waals surface area contributed by atoms with E-state index in [1.165, 1.54) is 13.0 Å². The van der Waals surface area contributed by atoms with Crippen molar-refractivity contribution in [2.75, 3.05) is 19.7 Å². The van der Waals surface area contributed by atoms with Crippen LogP contribution < -0.4 is 5.32 Å². The van der Waals surface area contributed by atoms with Crippen LogP contribution in [0, 0.1) is 5.92 Å². The van der Waals surface area contributed by atoms with Crippen molar-refractivity contribution in [3.8, 4) is 0 Å². The lowest BCUT2D eigenvalue weighted by Crippen LogP contribution is -2.55. The molecular weight excluding hydrogens is 544 g/mol. The number of aliphatic hydroxyl groups excluding tert-OH is 2. The van der Waals surface area contributed by atoms with E-state index >= 15 is 0 Å². The number of β-amino-alcohol motifs (C(OH)–C–C–N with tert-alkyl or cyclic N) is 1. The molecule has 234 valence electrons. The van der Waals surface area contributed by atoms with Crippen molar-refractivity contribution in [3.05, 3.63) is 36.0 Å². The number of hydrogen-bond donors (Lipinski definition) is 3. The van der Waals surface area contributed by atoms with Gasteiger partial charge >= 0.3 is 5.97 Å². The van der Waals surface area contributed by atoms with Crippen LogP contribution in [0.1, 0.15) is 60.3 Å². The Morgan fingerprint density at radius 3 is 2.50 bits per heavy atom. The zero-order valence-electron chi connectivity index (χ0n) is 25.2. The van der Waals surface area contributed by atoms with Gasteiger partial charge in [-0.2, -0.15) is 0 Å². The summed E-state index contributed by atoms with van der Waals surface area (Å²) in [4.78, 5) is 37.5. The highest BCUT2D eigenvalue weighted by Crippen LogP contribution is 2.43. The molecule has 0 radical (unpaired) electrons. The number of nitrogens with one attached hydrogen (secondary N) is 1.